The van der Waals surface area contributed by atoms with Crippen LogP contribution < -0.4 is 5.73 Å². The van der Waals surface area contributed by atoms with E-state index in [-0.39, 0.29) is 6.04 Å². The number of hydrogen-bond donors (Lipinski definition) is 1. The second-order valence-corrected chi connectivity index (χ2v) is 5.89. The average Bonchev–Trinajstić information content (AvgIpc) is 2.93. The van der Waals surface area contributed by atoms with Crippen molar-refractivity contribution in [3.05, 3.63) is 40.7 Å². The third-order valence-electron chi connectivity index (χ3n) is 3.17. The number of rotatable bonds is 4. The summed E-state index contributed by atoms with van der Waals surface area (Å²) in [4.78, 5) is 8.99. The van der Waals surface area contributed by atoms with E-state index < -0.39 is 0 Å². The number of para-hydroxylation sites is 1. The second-order valence-electron chi connectivity index (χ2n) is 5.04. The molecular weight excluding hydrogens is 332 g/mol. The van der Waals surface area contributed by atoms with E-state index in [1.807, 2.05) is 37.3 Å². The average molecular weight is 347 g/mol. The van der Waals surface area contributed by atoms with Crippen LogP contribution in [0.2, 0.25) is 0 Å². The molecule has 2 N–H and O–H groups in total. The Balaban J connectivity index is 1.94. The van der Waals surface area contributed by atoms with Gasteiger partial charge in [-0.2, -0.15) is 4.98 Å². The van der Waals surface area contributed by atoms with Crippen molar-refractivity contribution in [3.63, 3.8) is 0 Å². The minimum atomic E-state index is 0.117. The number of pyridine rings is 1. The van der Waals surface area contributed by atoms with Gasteiger partial charge in [0.2, 0.25) is 11.7 Å². The fourth-order valence-corrected chi connectivity index (χ4v) is 2.56. The van der Waals surface area contributed by atoms with Gasteiger partial charge in [0.1, 0.15) is 5.69 Å². The molecule has 0 aliphatic heterocycles. The van der Waals surface area contributed by atoms with Gasteiger partial charge < -0.3 is 10.3 Å². The Bertz CT molecular complexity index is 769. The molecule has 108 valence electrons. The van der Waals surface area contributed by atoms with Gasteiger partial charge in [-0.05, 0) is 41.4 Å². The van der Waals surface area contributed by atoms with Gasteiger partial charge in [-0.3, -0.25) is 0 Å². The number of nitrogens with zero attached hydrogens (tertiary/aromatic N) is 3. The van der Waals surface area contributed by atoms with Crippen LogP contribution in [0, 0.1) is 0 Å². The summed E-state index contributed by atoms with van der Waals surface area (Å²) in [6.07, 6.45) is 1.49. The van der Waals surface area contributed by atoms with E-state index in [9.17, 15) is 0 Å². The largest absolute Gasteiger partial charge is 0.339 e. The third kappa shape index (κ3) is 3.11. The van der Waals surface area contributed by atoms with Crippen molar-refractivity contribution < 1.29 is 4.52 Å². The van der Waals surface area contributed by atoms with Crippen LogP contribution in [-0.2, 0) is 6.42 Å². The molecule has 0 saturated carbocycles. The number of fused-ring (bicyclic) bond motifs is 1. The summed E-state index contributed by atoms with van der Waals surface area (Å²) in [5.74, 6) is 1.08. The van der Waals surface area contributed by atoms with Crippen LogP contribution in [0.25, 0.3) is 22.4 Å². The SMILES string of the molecule is CC(N)CCc1nc(-c2nc3ccccc3cc2Br)no1. The normalized spacial score (nSPS) is 12.7. The van der Waals surface area contributed by atoms with Crippen LogP contribution in [0.15, 0.2) is 39.3 Å². The van der Waals surface area contributed by atoms with Gasteiger partial charge in [0, 0.05) is 22.3 Å². The highest BCUT2D eigenvalue weighted by Crippen LogP contribution is 2.28. The minimum absolute atomic E-state index is 0.117. The molecule has 0 aliphatic rings. The van der Waals surface area contributed by atoms with Gasteiger partial charge >= 0.3 is 0 Å². The molecule has 2 aromatic heterocycles. The Morgan fingerprint density at radius 3 is 2.90 bits per heavy atom. The van der Waals surface area contributed by atoms with E-state index in [2.05, 4.69) is 31.1 Å². The monoisotopic (exact) mass is 346 g/mol. The fourth-order valence-electron chi connectivity index (χ4n) is 2.05. The smallest absolute Gasteiger partial charge is 0.227 e. The molecule has 0 spiro atoms. The molecule has 1 atom stereocenters. The third-order valence-corrected chi connectivity index (χ3v) is 3.78. The highest BCUT2D eigenvalue weighted by Gasteiger charge is 2.14. The Hall–Kier alpha value is -1.79. The number of halogens is 1. The molecular formula is C15H15BrN4O. The molecule has 1 aromatic carbocycles. The second kappa shape index (κ2) is 5.91. The summed E-state index contributed by atoms with van der Waals surface area (Å²) in [7, 11) is 0. The van der Waals surface area contributed by atoms with Crippen LogP contribution in [0.3, 0.4) is 0 Å². The van der Waals surface area contributed by atoms with Crippen molar-refractivity contribution in [2.45, 2.75) is 25.8 Å². The van der Waals surface area contributed by atoms with E-state index in [0.717, 1.165) is 21.8 Å². The predicted molar refractivity (Wildman–Crippen MR) is 84.7 cm³/mol. The van der Waals surface area contributed by atoms with Crippen molar-refractivity contribution in [2.24, 2.45) is 5.73 Å². The van der Waals surface area contributed by atoms with Gasteiger partial charge in [0.05, 0.1) is 5.52 Å². The number of nitrogens with two attached hydrogens (primary N) is 1. The first-order chi connectivity index (χ1) is 10.1. The van der Waals surface area contributed by atoms with Crippen molar-refractivity contribution in [1.82, 2.24) is 15.1 Å². The van der Waals surface area contributed by atoms with Gasteiger partial charge in [0.25, 0.3) is 0 Å². The van der Waals surface area contributed by atoms with Crippen LogP contribution in [-0.4, -0.2) is 21.2 Å². The number of hydrogen-bond acceptors (Lipinski definition) is 5. The zero-order valence-electron chi connectivity index (χ0n) is 11.6. The highest BCUT2D eigenvalue weighted by molar-refractivity contribution is 9.10. The van der Waals surface area contributed by atoms with Crippen LogP contribution in [0.4, 0.5) is 0 Å². The molecule has 0 bridgehead atoms. The molecule has 3 aromatic rings. The summed E-state index contributed by atoms with van der Waals surface area (Å²) < 4.78 is 6.11. The van der Waals surface area contributed by atoms with Crippen molar-refractivity contribution in [2.75, 3.05) is 0 Å². The summed E-state index contributed by atoms with van der Waals surface area (Å²) in [5, 5.41) is 5.08. The molecule has 5 nitrogen and oxygen atoms in total. The number of aromatic nitrogens is 3. The van der Waals surface area contributed by atoms with E-state index in [1.54, 1.807) is 0 Å². The summed E-state index contributed by atoms with van der Waals surface area (Å²) >= 11 is 3.52. The molecule has 0 saturated heterocycles. The summed E-state index contributed by atoms with van der Waals surface area (Å²) in [6.45, 7) is 1.96. The molecule has 2 heterocycles. The highest BCUT2D eigenvalue weighted by atomic mass is 79.9. The molecule has 21 heavy (non-hydrogen) atoms. The van der Waals surface area contributed by atoms with Gasteiger partial charge in [-0.25, -0.2) is 4.98 Å². The quantitative estimate of drug-likeness (QED) is 0.783. The van der Waals surface area contributed by atoms with Gasteiger partial charge in [0.15, 0.2) is 0 Å². The number of aryl methyl sites for hydroxylation is 1. The van der Waals surface area contributed by atoms with Crippen molar-refractivity contribution in [1.29, 1.82) is 0 Å². The Labute approximate surface area is 130 Å². The topological polar surface area (TPSA) is 77.8 Å². The molecule has 0 fully saturated rings. The lowest BCUT2D eigenvalue weighted by atomic mass is 10.2. The molecule has 1 unspecified atom stereocenters. The van der Waals surface area contributed by atoms with E-state index >= 15 is 0 Å². The van der Waals surface area contributed by atoms with Crippen LogP contribution in [0.1, 0.15) is 19.2 Å². The van der Waals surface area contributed by atoms with Crippen molar-refractivity contribution >= 4 is 26.8 Å². The van der Waals surface area contributed by atoms with Crippen LogP contribution >= 0.6 is 15.9 Å². The van der Waals surface area contributed by atoms with Crippen molar-refractivity contribution in [3.8, 4) is 11.5 Å². The van der Waals surface area contributed by atoms with Crippen LogP contribution in [0.5, 0.6) is 0 Å². The lowest BCUT2D eigenvalue weighted by molar-refractivity contribution is 0.372. The first-order valence-electron chi connectivity index (χ1n) is 6.77. The predicted octanol–water partition coefficient (Wildman–Crippen LogP) is 3.33. The Kier molecular flexibility index (Phi) is 3.98. The molecule has 0 radical (unpaired) electrons. The summed E-state index contributed by atoms with van der Waals surface area (Å²) in [5.41, 5.74) is 7.32. The molecule has 0 aliphatic carbocycles. The zero-order chi connectivity index (χ0) is 14.8. The Morgan fingerprint density at radius 1 is 1.29 bits per heavy atom. The standard InChI is InChI=1S/C15H15BrN4O/c1-9(17)6-7-13-19-15(20-21-13)14-11(16)8-10-4-2-3-5-12(10)18-14/h2-5,8-9H,6-7,17H2,1H3. The molecule has 3 rings (SSSR count). The van der Waals surface area contributed by atoms with E-state index in [0.29, 0.717) is 23.8 Å². The maximum Gasteiger partial charge on any atom is 0.227 e. The first-order valence-corrected chi connectivity index (χ1v) is 7.56. The van der Waals surface area contributed by atoms with Gasteiger partial charge in [-0.1, -0.05) is 23.4 Å². The zero-order valence-corrected chi connectivity index (χ0v) is 13.2. The molecule has 0 amide bonds. The first kappa shape index (κ1) is 14.2. The lowest BCUT2D eigenvalue weighted by Gasteiger charge is -2.02. The fraction of sp³-hybridized carbons (Fsp3) is 0.267. The van der Waals surface area contributed by atoms with E-state index in [4.69, 9.17) is 10.3 Å². The van der Waals surface area contributed by atoms with Gasteiger partial charge in [-0.15, -0.1) is 0 Å². The summed E-state index contributed by atoms with van der Waals surface area (Å²) in [6, 6.07) is 10.0. The molecule has 6 heteroatoms. The maximum atomic E-state index is 5.73. The van der Waals surface area contributed by atoms with E-state index in [1.165, 1.54) is 0 Å². The number of benzene rings is 1. The maximum absolute atomic E-state index is 5.73. The minimum Gasteiger partial charge on any atom is -0.339 e. The Morgan fingerprint density at radius 2 is 2.10 bits per heavy atom. The lowest BCUT2D eigenvalue weighted by Crippen LogP contribution is -2.15.